The standard InChI is InChI=1S/C14H12Cl3N/c15-11-5-10(6-12(16)8-11)14(18)7-9-3-1-2-4-13(9)17/h1-6,8,14H,7,18H2. The molecule has 94 valence electrons. The Morgan fingerprint density at radius 2 is 1.56 bits per heavy atom. The summed E-state index contributed by atoms with van der Waals surface area (Å²) >= 11 is 18.0. The van der Waals surface area contributed by atoms with E-state index in [4.69, 9.17) is 40.5 Å². The summed E-state index contributed by atoms with van der Waals surface area (Å²) in [6.45, 7) is 0. The fourth-order valence-electron chi connectivity index (χ4n) is 1.81. The molecule has 2 rings (SSSR count). The largest absolute Gasteiger partial charge is 0.324 e. The number of nitrogens with two attached hydrogens (primary N) is 1. The van der Waals surface area contributed by atoms with Gasteiger partial charge in [0.1, 0.15) is 0 Å². The molecule has 0 aliphatic rings. The summed E-state index contributed by atoms with van der Waals surface area (Å²) in [4.78, 5) is 0. The molecule has 4 heteroatoms. The van der Waals surface area contributed by atoms with E-state index in [9.17, 15) is 0 Å². The minimum Gasteiger partial charge on any atom is -0.324 e. The number of hydrogen-bond donors (Lipinski definition) is 1. The van der Waals surface area contributed by atoms with Crippen LogP contribution in [0.3, 0.4) is 0 Å². The van der Waals surface area contributed by atoms with Crippen LogP contribution in [0.5, 0.6) is 0 Å². The minimum atomic E-state index is -0.180. The van der Waals surface area contributed by atoms with E-state index in [0.717, 1.165) is 16.1 Å². The lowest BCUT2D eigenvalue weighted by Gasteiger charge is -2.14. The lowest BCUT2D eigenvalue weighted by molar-refractivity contribution is 0.722. The quantitative estimate of drug-likeness (QED) is 0.858. The van der Waals surface area contributed by atoms with Crippen LogP contribution in [0, 0.1) is 0 Å². The highest BCUT2D eigenvalue weighted by Crippen LogP contribution is 2.26. The third kappa shape index (κ3) is 3.39. The minimum absolute atomic E-state index is 0.180. The SMILES string of the molecule is NC(Cc1ccccc1Cl)c1cc(Cl)cc(Cl)c1. The number of benzene rings is 2. The molecule has 1 unspecified atom stereocenters. The molecule has 0 bridgehead atoms. The Balaban J connectivity index is 2.22. The van der Waals surface area contributed by atoms with E-state index in [1.165, 1.54) is 0 Å². The van der Waals surface area contributed by atoms with Gasteiger partial charge in [0.25, 0.3) is 0 Å². The summed E-state index contributed by atoms with van der Waals surface area (Å²) in [6.07, 6.45) is 0.649. The van der Waals surface area contributed by atoms with Crippen molar-refractivity contribution in [1.29, 1.82) is 0 Å². The van der Waals surface area contributed by atoms with Crippen LogP contribution in [0.1, 0.15) is 17.2 Å². The molecule has 1 atom stereocenters. The third-order valence-electron chi connectivity index (χ3n) is 2.71. The van der Waals surface area contributed by atoms with Crippen molar-refractivity contribution in [2.24, 2.45) is 5.73 Å². The molecular formula is C14H12Cl3N. The van der Waals surface area contributed by atoms with Crippen molar-refractivity contribution in [2.75, 3.05) is 0 Å². The molecule has 0 aromatic heterocycles. The van der Waals surface area contributed by atoms with Gasteiger partial charge in [0, 0.05) is 21.1 Å². The predicted molar refractivity (Wildman–Crippen MR) is 78.5 cm³/mol. The van der Waals surface area contributed by atoms with Gasteiger partial charge in [0.05, 0.1) is 0 Å². The molecular weight excluding hydrogens is 289 g/mol. The molecule has 0 aliphatic heterocycles. The zero-order valence-electron chi connectivity index (χ0n) is 9.54. The topological polar surface area (TPSA) is 26.0 Å². The Kier molecular flexibility index (Phi) is 4.52. The second kappa shape index (κ2) is 5.94. The van der Waals surface area contributed by atoms with Crippen molar-refractivity contribution < 1.29 is 0 Å². The fraction of sp³-hybridized carbons (Fsp3) is 0.143. The second-order valence-electron chi connectivity index (χ2n) is 4.10. The number of halogens is 3. The molecule has 18 heavy (non-hydrogen) atoms. The average Bonchev–Trinajstić information content (AvgIpc) is 2.31. The molecule has 0 amide bonds. The molecule has 0 aliphatic carbocycles. The van der Waals surface area contributed by atoms with Crippen LogP contribution in [0.2, 0.25) is 15.1 Å². The molecule has 1 nitrogen and oxygen atoms in total. The summed E-state index contributed by atoms with van der Waals surface area (Å²) in [6, 6.07) is 12.8. The zero-order chi connectivity index (χ0) is 13.1. The van der Waals surface area contributed by atoms with Gasteiger partial charge in [-0.25, -0.2) is 0 Å². The van der Waals surface area contributed by atoms with E-state index in [0.29, 0.717) is 16.5 Å². The van der Waals surface area contributed by atoms with Crippen molar-refractivity contribution in [2.45, 2.75) is 12.5 Å². The van der Waals surface area contributed by atoms with E-state index >= 15 is 0 Å². The van der Waals surface area contributed by atoms with E-state index in [-0.39, 0.29) is 6.04 Å². The fourth-order valence-corrected chi connectivity index (χ4v) is 2.56. The number of rotatable bonds is 3. The monoisotopic (exact) mass is 299 g/mol. The Hall–Kier alpha value is -0.730. The van der Waals surface area contributed by atoms with E-state index < -0.39 is 0 Å². The highest BCUT2D eigenvalue weighted by atomic mass is 35.5. The van der Waals surface area contributed by atoms with Crippen molar-refractivity contribution in [1.82, 2.24) is 0 Å². The Morgan fingerprint density at radius 1 is 0.944 bits per heavy atom. The molecule has 0 fully saturated rings. The van der Waals surface area contributed by atoms with Crippen molar-refractivity contribution in [3.8, 4) is 0 Å². The van der Waals surface area contributed by atoms with Crippen molar-refractivity contribution in [3.05, 3.63) is 68.7 Å². The molecule has 0 saturated carbocycles. The molecule has 2 aromatic carbocycles. The molecule has 0 saturated heterocycles. The van der Waals surface area contributed by atoms with Crippen molar-refractivity contribution in [3.63, 3.8) is 0 Å². The van der Waals surface area contributed by atoms with Crippen molar-refractivity contribution >= 4 is 34.8 Å². The summed E-state index contributed by atoms with van der Waals surface area (Å²) in [5.74, 6) is 0. The summed E-state index contributed by atoms with van der Waals surface area (Å²) in [5, 5.41) is 1.90. The predicted octanol–water partition coefficient (Wildman–Crippen LogP) is 4.89. The lowest BCUT2D eigenvalue weighted by atomic mass is 10.00. The van der Waals surface area contributed by atoms with Gasteiger partial charge in [-0.3, -0.25) is 0 Å². The highest BCUT2D eigenvalue weighted by Gasteiger charge is 2.10. The van der Waals surface area contributed by atoms with E-state index in [1.807, 2.05) is 36.4 Å². The van der Waals surface area contributed by atoms with E-state index in [1.54, 1.807) is 6.07 Å². The van der Waals surface area contributed by atoms with Gasteiger partial charge in [-0.1, -0.05) is 53.0 Å². The van der Waals surface area contributed by atoms with Crippen LogP contribution >= 0.6 is 34.8 Å². The molecule has 2 N–H and O–H groups in total. The van der Waals surface area contributed by atoms with Crippen LogP contribution in [-0.4, -0.2) is 0 Å². The van der Waals surface area contributed by atoms with Crippen LogP contribution in [0.15, 0.2) is 42.5 Å². The van der Waals surface area contributed by atoms with Gasteiger partial charge < -0.3 is 5.73 Å². The first-order chi connectivity index (χ1) is 8.56. The van der Waals surface area contributed by atoms with Gasteiger partial charge >= 0.3 is 0 Å². The van der Waals surface area contributed by atoms with Gasteiger partial charge in [-0.2, -0.15) is 0 Å². The lowest BCUT2D eigenvalue weighted by Crippen LogP contribution is -2.13. The third-order valence-corrected chi connectivity index (χ3v) is 3.52. The van der Waals surface area contributed by atoms with Crippen LogP contribution in [0.25, 0.3) is 0 Å². The maximum Gasteiger partial charge on any atom is 0.0438 e. The first-order valence-corrected chi connectivity index (χ1v) is 6.64. The average molecular weight is 301 g/mol. The summed E-state index contributed by atoms with van der Waals surface area (Å²) < 4.78 is 0. The first kappa shape index (κ1) is 13.7. The molecule has 0 spiro atoms. The first-order valence-electron chi connectivity index (χ1n) is 5.51. The van der Waals surface area contributed by atoms with Crippen LogP contribution in [-0.2, 0) is 6.42 Å². The van der Waals surface area contributed by atoms with Gasteiger partial charge in [0.2, 0.25) is 0 Å². The Labute approximate surface area is 121 Å². The Morgan fingerprint density at radius 3 is 2.17 bits per heavy atom. The van der Waals surface area contributed by atoms with Gasteiger partial charge in [0.15, 0.2) is 0 Å². The summed E-state index contributed by atoms with van der Waals surface area (Å²) in [5.41, 5.74) is 8.08. The van der Waals surface area contributed by atoms with Gasteiger partial charge in [-0.05, 0) is 41.8 Å². The van der Waals surface area contributed by atoms with Crippen LogP contribution < -0.4 is 5.73 Å². The second-order valence-corrected chi connectivity index (χ2v) is 5.38. The molecule has 0 radical (unpaired) electrons. The normalized spacial score (nSPS) is 12.4. The zero-order valence-corrected chi connectivity index (χ0v) is 11.8. The molecule has 2 aromatic rings. The highest BCUT2D eigenvalue weighted by molar-refractivity contribution is 6.34. The van der Waals surface area contributed by atoms with E-state index in [2.05, 4.69) is 0 Å². The van der Waals surface area contributed by atoms with Gasteiger partial charge in [-0.15, -0.1) is 0 Å². The smallest absolute Gasteiger partial charge is 0.0438 e. The maximum atomic E-state index is 6.16. The summed E-state index contributed by atoms with van der Waals surface area (Å²) in [7, 11) is 0. The van der Waals surface area contributed by atoms with Crippen LogP contribution in [0.4, 0.5) is 0 Å². The molecule has 0 heterocycles. The number of hydrogen-bond acceptors (Lipinski definition) is 1. The maximum absolute atomic E-state index is 6.16. The Bertz CT molecular complexity index is 534.